The van der Waals surface area contributed by atoms with Crippen molar-refractivity contribution in [1.29, 1.82) is 0 Å². The van der Waals surface area contributed by atoms with Gasteiger partial charge in [-0.2, -0.15) is 0 Å². The summed E-state index contributed by atoms with van der Waals surface area (Å²) in [6, 6.07) is 19.6. The van der Waals surface area contributed by atoms with E-state index in [2.05, 4.69) is 18.7 Å². The molecule has 47 heavy (non-hydrogen) atoms. The summed E-state index contributed by atoms with van der Waals surface area (Å²) in [5.74, 6) is 0.630. The molecule has 1 N–H and O–H groups in total. The van der Waals surface area contributed by atoms with E-state index >= 15 is 0 Å². The number of nitrogens with zero attached hydrogens (tertiary/aromatic N) is 2. The Morgan fingerprint density at radius 2 is 1.70 bits per heavy atom. The van der Waals surface area contributed by atoms with Crippen molar-refractivity contribution < 1.29 is 33.6 Å². The molecule has 1 amide bonds. The van der Waals surface area contributed by atoms with E-state index in [1.807, 2.05) is 43.3 Å². The molecule has 0 radical (unpaired) electrons. The van der Waals surface area contributed by atoms with Gasteiger partial charge in [0, 0.05) is 31.7 Å². The van der Waals surface area contributed by atoms with Gasteiger partial charge >= 0.3 is 0 Å². The van der Waals surface area contributed by atoms with Crippen molar-refractivity contribution in [2.45, 2.75) is 46.3 Å². The maximum atomic E-state index is 13.6. The molecule has 0 bridgehead atoms. The van der Waals surface area contributed by atoms with Crippen LogP contribution in [0.2, 0.25) is 0 Å². The number of methoxy groups -OCH3 is 1. The first kappa shape index (κ1) is 34.0. The fraction of sp³-hybridized carbons (Fsp3) is 0.421. The van der Waals surface area contributed by atoms with Crippen LogP contribution in [0.1, 0.15) is 55.0 Å². The predicted molar refractivity (Wildman–Crippen MR) is 181 cm³/mol. The molecule has 0 aliphatic carbocycles. The minimum atomic E-state index is -0.796. The second kappa shape index (κ2) is 16.0. The standard InChI is InChI=1S/C38H46N2O7/c1-26(2)16-21-46-32-15-12-29(24-33(32)44-4)35-34(37(42)38(43)40(35)18-7-17-39-19-22-45-23-20-39)36(41)28-10-13-31(14-11-28)47-25-30-9-6-5-8-27(30)3/h5-6,8-15,24,26,35,41H,7,16-23,25H2,1-4H3/b36-34+. The summed E-state index contributed by atoms with van der Waals surface area (Å²) in [4.78, 5) is 31.1. The third-order valence-electron chi connectivity index (χ3n) is 8.76. The van der Waals surface area contributed by atoms with Crippen molar-refractivity contribution in [3.05, 3.63) is 94.6 Å². The first-order valence-corrected chi connectivity index (χ1v) is 16.4. The molecule has 9 nitrogen and oxygen atoms in total. The number of benzene rings is 3. The lowest BCUT2D eigenvalue weighted by Gasteiger charge is -2.29. The molecule has 0 aromatic heterocycles. The molecule has 0 spiro atoms. The molecule has 2 fully saturated rings. The Morgan fingerprint density at radius 1 is 0.957 bits per heavy atom. The Hall–Kier alpha value is -4.34. The van der Waals surface area contributed by atoms with Crippen LogP contribution in [0.15, 0.2) is 72.3 Å². The number of aliphatic hydroxyl groups is 1. The van der Waals surface area contributed by atoms with Crippen LogP contribution in [0.25, 0.3) is 5.76 Å². The normalized spacial score (nSPS) is 18.1. The zero-order valence-electron chi connectivity index (χ0n) is 27.9. The summed E-state index contributed by atoms with van der Waals surface area (Å²) in [6.45, 7) is 11.4. The number of ketones is 1. The quantitative estimate of drug-likeness (QED) is 0.127. The molecule has 0 saturated carbocycles. The highest BCUT2D eigenvalue weighted by Crippen LogP contribution is 2.42. The second-order valence-electron chi connectivity index (χ2n) is 12.5. The maximum absolute atomic E-state index is 13.6. The van der Waals surface area contributed by atoms with Crippen LogP contribution >= 0.6 is 0 Å². The molecule has 2 aliphatic heterocycles. The third kappa shape index (κ3) is 8.34. The number of likely N-dealkylation sites (tertiary alicyclic amines) is 1. The summed E-state index contributed by atoms with van der Waals surface area (Å²) in [7, 11) is 1.57. The van der Waals surface area contributed by atoms with Gasteiger partial charge in [-0.3, -0.25) is 14.5 Å². The van der Waals surface area contributed by atoms with E-state index in [0.29, 0.717) is 73.7 Å². The van der Waals surface area contributed by atoms with Crippen LogP contribution in [0.3, 0.4) is 0 Å². The van der Waals surface area contributed by atoms with E-state index < -0.39 is 17.7 Å². The number of ether oxygens (including phenoxy) is 4. The molecule has 5 rings (SSSR count). The SMILES string of the molecule is COc1cc(C2/C(=C(\O)c3ccc(OCc4ccccc4C)cc3)C(=O)C(=O)N2CCCN2CCOCC2)ccc1OCCC(C)C. The summed E-state index contributed by atoms with van der Waals surface area (Å²) < 4.78 is 23.1. The van der Waals surface area contributed by atoms with Crippen molar-refractivity contribution in [1.82, 2.24) is 9.80 Å². The molecular weight excluding hydrogens is 596 g/mol. The van der Waals surface area contributed by atoms with E-state index in [-0.39, 0.29) is 11.3 Å². The van der Waals surface area contributed by atoms with Crippen LogP contribution in [0.4, 0.5) is 0 Å². The van der Waals surface area contributed by atoms with Gasteiger partial charge in [0.1, 0.15) is 18.1 Å². The molecule has 1 atom stereocenters. The van der Waals surface area contributed by atoms with Gasteiger partial charge in [-0.15, -0.1) is 0 Å². The van der Waals surface area contributed by atoms with Crippen molar-refractivity contribution in [2.24, 2.45) is 5.92 Å². The van der Waals surface area contributed by atoms with Crippen molar-refractivity contribution in [3.63, 3.8) is 0 Å². The zero-order chi connectivity index (χ0) is 33.3. The lowest BCUT2D eigenvalue weighted by atomic mass is 9.95. The topological polar surface area (TPSA) is 97.8 Å². The van der Waals surface area contributed by atoms with Crippen LogP contribution in [0, 0.1) is 12.8 Å². The fourth-order valence-corrected chi connectivity index (χ4v) is 5.92. The van der Waals surface area contributed by atoms with E-state index in [1.54, 1.807) is 42.3 Å². The Kier molecular flexibility index (Phi) is 11.6. The predicted octanol–water partition coefficient (Wildman–Crippen LogP) is 6.15. The highest BCUT2D eigenvalue weighted by molar-refractivity contribution is 6.46. The highest BCUT2D eigenvalue weighted by Gasteiger charge is 2.46. The van der Waals surface area contributed by atoms with Gasteiger partial charge in [0.2, 0.25) is 0 Å². The number of carbonyl (C=O) groups is 2. The number of hydrogen-bond donors (Lipinski definition) is 1. The third-order valence-corrected chi connectivity index (χ3v) is 8.76. The van der Waals surface area contributed by atoms with Gasteiger partial charge in [0.15, 0.2) is 11.5 Å². The van der Waals surface area contributed by atoms with E-state index in [4.69, 9.17) is 18.9 Å². The number of morpholine rings is 1. The molecule has 2 aliphatic rings. The molecule has 2 saturated heterocycles. The van der Waals surface area contributed by atoms with Gasteiger partial charge in [0.05, 0.1) is 38.5 Å². The molecule has 1 unspecified atom stereocenters. The number of aliphatic hydroxyl groups excluding tert-OH is 1. The summed E-state index contributed by atoms with van der Waals surface area (Å²) in [6.07, 6.45) is 1.56. The van der Waals surface area contributed by atoms with E-state index in [9.17, 15) is 14.7 Å². The average molecular weight is 643 g/mol. The monoisotopic (exact) mass is 642 g/mol. The number of aryl methyl sites for hydroxylation is 1. The second-order valence-corrected chi connectivity index (χ2v) is 12.5. The summed E-state index contributed by atoms with van der Waals surface area (Å²) in [5, 5.41) is 11.6. The largest absolute Gasteiger partial charge is 0.507 e. The molecule has 3 aromatic carbocycles. The number of rotatable bonds is 14. The first-order chi connectivity index (χ1) is 22.8. The van der Waals surface area contributed by atoms with Gasteiger partial charge in [-0.05, 0) is 78.8 Å². The average Bonchev–Trinajstić information content (AvgIpc) is 3.33. The number of hydrogen-bond acceptors (Lipinski definition) is 8. The van der Waals surface area contributed by atoms with Gasteiger partial charge in [-0.1, -0.05) is 44.2 Å². The molecule has 9 heteroatoms. The van der Waals surface area contributed by atoms with Gasteiger partial charge in [0.25, 0.3) is 11.7 Å². The summed E-state index contributed by atoms with van der Waals surface area (Å²) in [5.41, 5.74) is 3.35. The van der Waals surface area contributed by atoms with Gasteiger partial charge < -0.3 is 29.0 Å². The Labute approximate surface area is 277 Å². The Morgan fingerprint density at radius 3 is 2.40 bits per heavy atom. The smallest absolute Gasteiger partial charge is 0.295 e. The first-order valence-electron chi connectivity index (χ1n) is 16.4. The van der Waals surface area contributed by atoms with Crippen molar-refractivity contribution in [3.8, 4) is 17.2 Å². The molecule has 250 valence electrons. The number of amides is 1. The fourth-order valence-electron chi connectivity index (χ4n) is 5.92. The van der Waals surface area contributed by atoms with Crippen LogP contribution in [0.5, 0.6) is 17.2 Å². The Balaban J connectivity index is 1.43. The Bertz CT molecular complexity index is 1560. The minimum Gasteiger partial charge on any atom is -0.507 e. The number of carbonyl (C=O) groups excluding carboxylic acids is 2. The number of Topliss-reactive ketones (excluding diaryl/α,β-unsaturated/α-hetero) is 1. The molecule has 2 heterocycles. The molecule has 3 aromatic rings. The van der Waals surface area contributed by atoms with Crippen LogP contribution < -0.4 is 14.2 Å². The van der Waals surface area contributed by atoms with Crippen molar-refractivity contribution in [2.75, 3.05) is 53.1 Å². The van der Waals surface area contributed by atoms with Crippen LogP contribution in [-0.4, -0.2) is 79.7 Å². The van der Waals surface area contributed by atoms with Crippen LogP contribution in [-0.2, 0) is 20.9 Å². The lowest BCUT2D eigenvalue weighted by molar-refractivity contribution is -0.140. The minimum absolute atomic E-state index is 0.0467. The van der Waals surface area contributed by atoms with E-state index in [1.165, 1.54) is 0 Å². The van der Waals surface area contributed by atoms with E-state index in [0.717, 1.165) is 37.2 Å². The molecular formula is C38H46N2O7. The van der Waals surface area contributed by atoms with Gasteiger partial charge in [-0.25, -0.2) is 0 Å². The zero-order valence-corrected chi connectivity index (χ0v) is 27.9. The van der Waals surface area contributed by atoms with Crippen molar-refractivity contribution >= 4 is 17.4 Å². The maximum Gasteiger partial charge on any atom is 0.295 e. The summed E-state index contributed by atoms with van der Waals surface area (Å²) >= 11 is 0. The highest BCUT2D eigenvalue weighted by atomic mass is 16.5. The lowest BCUT2D eigenvalue weighted by Crippen LogP contribution is -2.39.